The fraction of sp³-hybridized carbons (Fsp3) is 0.318. The number of carbonyl (C=O) groups is 1. The zero-order valence-corrected chi connectivity index (χ0v) is 19.3. The second kappa shape index (κ2) is 11.0. The van der Waals surface area contributed by atoms with Crippen molar-refractivity contribution in [2.75, 3.05) is 6.54 Å². The Labute approximate surface area is 195 Å². The Hall–Kier alpha value is -2.30. The summed E-state index contributed by atoms with van der Waals surface area (Å²) in [7, 11) is 0. The van der Waals surface area contributed by atoms with Crippen LogP contribution < -0.4 is 5.32 Å². The molecular weight excluding hydrogens is 507 g/mol. The number of pyridine rings is 1. The molecule has 0 amide bonds. The first kappa shape index (κ1) is 24.3. The Bertz CT molecular complexity index is 1040. The van der Waals surface area contributed by atoms with E-state index in [0.717, 1.165) is 37.1 Å². The molecule has 4 rings (SSSR count). The molecule has 1 aromatic carbocycles. The van der Waals surface area contributed by atoms with Crippen molar-refractivity contribution in [1.82, 2.24) is 15.3 Å². The first-order valence-electron chi connectivity index (χ1n) is 9.88. The van der Waals surface area contributed by atoms with E-state index in [-0.39, 0.29) is 0 Å². The normalized spacial score (nSPS) is 15.4. The highest BCUT2D eigenvalue weighted by Crippen LogP contribution is 2.25. The van der Waals surface area contributed by atoms with Gasteiger partial charge in [0.05, 0.1) is 10.7 Å². The molecule has 1 atom stereocenters. The Morgan fingerprint density at radius 3 is 2.62 bits per heavy atom. The van der Waals surface area contributed by atoms with Gasteiger partial charge in [0.2, 0.25) is 0 Å². The smallest absolute Gasteiger partial charge is 0.475 e. The molecule has 2 heterocycles. The summed E-state index contributed by atoms with van der Waals surface area (Å²) in [6.07, 6.45) is 3.03. The van der Waals surface area contributed by atoms with Crippen LogP contribution in [0.2, 0.25) is 0 Å². The van der Waals surface area contributed by atoms with Gasteiger partial charge in [-0.15, -0.1) is 11.3 Å². The molecular formula is C22H21BrF3N3O2S. The standard InChI is InChI=1S/C20H20BrN3S.C2HF3O2/c21-17-3-1-16-12-18(4-2-15(16)11-17)23-10-7-20-24-19(13-25-20)14-5-8-22-9-6-14;3-2(4,5)1(6)7/h1,3,5-6,8-9,11,13,18,23H,2,4,7,10,12H2;(H,6,7). The van der Waals surface area contributed by atoms with E-state index in [1.54, 1.807) is 11.3 Å². The lowest BCUT2D eigenvalue weighted by Crippen LogP contribution is -2.35. The number of nitrogens with one attached hydrogen (secondary N) is 1. The monoisotopic (exact) mass is 527 g/mol. The Morgan fingerprint density at radius 1 is 1.22 bits per heavy atom. The number of carboxylic acids is 1. The minimum Gasteiger partial charge on any atom is -0.475 e. The van der Waals surface area contributed by atoms with Crippen LogP contribution in [-0.4, -0.2) is 39.8 Å². The number of hydrogen-bond acceptors (Lipinski definition) is 5. The second-order valence-electron chi connectivity index (χ2n) is 7.22. The van der Waals surface area contributed by atoms with Crippen molar-refractivity contribution < 1.29 is 23.1 Å². The highest BCUT2D eigenvalue weighted by Gasteiger charge is 2.38. The van der Waals surface area contributed by atoms with Crippen molar-refractivity contribution in [2.24, 2.45) is 0 Å². The number of hydrogen-bond donors (Lipinski definition) is 2. The molecule has 0 aliphatic heterocycles. The molecule has 0 saturated heterocycles. The van der Waals surface area contributed by atoms with Gasteiger partial charge in [0.15, 0.2) is 0 Å². The van der Waals surface area contributed by atoms with Crippen LogP contribution >= 0.6 is 27.3 Å². The quantitative estimate of drug-likeness (QED) is 0.471. The molecule has 0 saturated carbocycles. The molecule has 2 aromatic heterocycles. The summed E-state index contributed by atoms with van der Waals surface area (Å²) >= 11 is 5.31. The van der Waals surface area contributed by atoms with E-state index in [0.29, 0.717) is 6.04 Å². The lowest BCUT2D eigenvalue weighted by atomic mass is 9.88. The Morgan fingerprint density at radius 2 is 1.94 bits per heavy atom. The van der Waals surface area contributed by atoms with Crippen LogP contribution in [0.3, 0.4) is 0 Å². The van der Waals surface area contributed by atoms with E-state index in [9.17, 15) is 13.2 Å². The van der Waals surface area contributed by atoms with Crippen LogP contribution in [0, 0.1) is 0 Å². The van der Waals surface area contributed by atoms with Gasteiger partial charge in [-0.1, -0.05) is 22.0 Å². The molecule has 1 aliphatic rings. The average molecular weight is 528 g/mol. The van der Waals surface area contributed by atoms with Crippen molar-refractivity contribution in [3.8, 4) is 11.3 Å². The molecule has 32 heavy (non-hydrogen) atoms. The van der Waals surface area contributed by atoms with Gasteiger partial charge in [-0.3, -0.25) is 4.98 Å². The number of halogens is 4. The third-order valence-corrected chi connectivity index (χ3v) is 6.34. The van der Waals surface area contributed by atoms with Gasteiger partial charge in [-0.05, 0) is 54.7 Å². The van der Waals surface area contributed by atoms with Gasteiger partial charge in [0.25, 0.3) is 0 Å². The first-order chi connectivity index (χ1) is 15.2. The number of aryl methyl sites for hydroxylation is 1. The predicted molar refractivity (Wildman–Crippen MR) is 121 cm³/mol. The number of thiazole rings is 1. The summed E-state index contributed by atoms with van der Waals surface area (Å²) in [5.74, 6) is -2.76. The summed E-state index contributed by atoms with van der Waals surface area (Å²) in [6.45, 7) is 0.986. The van der Waals surface area contributed by atoms with Crippen LogP contribution in [0.1, 0.15) is 22.6 Å². The van der Waals surface area contributed by atoms with E-state index in [4.69, 9.17) is 14.9 Å². The maximum Gasteiger partial charge on any atom is 0.490 e. The van der Waals surface area contributed by atoms with E-state index >= 15 is 0 Å². The molecule has 1 unspecified atom stereocenters. The number of fused-ring (bicyclic) bond motifs is 1. The van der Waals surface area contributed by atoms with Crippen molar-refractivity contribution >= 4 is 33.2 Å². The molecule has 5 nitrogen and oxygen atoms in total. The van der Waals surface area contributed by atoms with E-state index in [2.05, 4.69) is 49.8 Å². The van der Waals surface area contributed by atoms with Gasteiger partial charge in [-0.2, -0.15) is 13.2 Å². The number of rotatable bonds is 5. The lowest BCUT2D eigenvalue weighted by Gasteiger charge is -2.25. The minimum absolute atomic E-state index is 0.577. The van der Waals surface area contributed by atoms with Crippen molar-refractivity contribution in [1.29, 1.82) is 0 Å². The summed E-state index contributed by atoms with van der Waals surface area (Å²) in [6, 6.07) is 11.3. The van der Waals surface area contributed by atoms with E-state index < -0.39 is 12.1 Å². The maximum atomic E-state index is 10.6. The summed E-state index contributed by atoms with van der Waals surface area (Å²) in [4.78, 5) is 17.7. The highest BCUT2D eigenvalue weighted by atomic mass is 79.9. The van der Waals surface area contributed by atoms with Crippen LogP contribution in [0.5, 0.6) is 0 Å². The number of aromatic nitrogens is 2. The van der Waals surface area contributed by atoms with Crippen LogP contribution in [-0.2, 0) is 24.1 Å². The highest BCUT2D eigenvalue weighted by molar-refractivity contribution is 9.10. The summed E-state index contributed by atoms with van der Waals surface area (Å²) in [5.41, 5.74) is 5.18. The molecule has 0 radical (unpaired) electrons. The molecule has 170 valence electrons. The molecule has 0 fully saturated rings. The molecule has 3 aromatic rings. The van der Waals surface area contributed by atoms with Gasteiger partial charge in [0, 0.05) is 46.8 Å². The fourth-order valence-corrected chi connectivity index (χ4v) is 4.58. The zero-order valence-electron chi connectivity index (χ0n) is 16.9. The number of aliphatic carboxylic acids is 1. The van der Waals surface area contributed by atoms with Crippen LogP contribution in [0.4, 0.5) is 13.2 Å². The lowest BCUT2D eigenvalue weighted by molar-refractivity contribution is -0.192. The number of alkyl halides is 3. The van der Waals surface area contributed by atoms with Gasteiger partial charge in [-0.25, -0.2) is 9.78 Å². The summed E-state index contributed by atoms with van der Waals surface area (Å²) < 4.78 is 32.9. The van der Waals surface area contributed by atoms with Gasteiger partial charge in [0.1, 0.15) is 0 Å². The largest absolute Gasteiger partial charge is 0.490 e. The molecule has 0 spiro atoms. The van der Waals surface area contributed by atoms with E-state index in [1.807, 2.05) is 24.5 Å². The second-order valence-corrected chi connectivity index (χ2v) is 9.08. The third-order valence-electron chi connectivity index (χ3n) is 4.94. The molecule has 2 N–H and O–H groups in total. The molecule has 1 aliphatic carbocycles. The van der Waals surface area contributed by atoms with Crippen LogP contribution in [0.25, 0.3) is 11.3 Å². The Kier molecular flexibility index (Phi) is 8.38. The maximum absolute atomic E-state index is 10.6. The predicted octanol–water partition coefficient (Wildman–Crippen LogP) is 5.29. The van der Waals surface area contributed by atoms with Crippen LogP contribution in [0.15, 0.2) is 52.6 Å². The molecule has 10 heteroatoms. The first-order valence-corrected chi connectivity index (χ1v) is 11.5. The number of nitrogens with zero attached hydrogens (tertiary/aromatic N) is 2. The van der Waals surface area contributed by atoms with Crippen molar-refractivity contribution in [3.05, 3.63) is 68.7 Å². The zero-order chi connectivity index (χ0) is 23.1. The third kappa shape index (κ3) is 7.11. The summed E-state index contributed by atoms with van der Waals surface area (Å²) in [5, 5.41) is 14.2. The SMILES string of the molecule is Brc1ccc2c(c1)CCC(NCCc1nc(-c3ccncc3)cs1)C2.O=C(O)C(F)(F)F. The van der Waals surface area contributed by atoms with Gasteiger partial charge >= 0.3 is 12.1 Å². The average Bonchev–Trinajstić information content (AvgIpc) is 3.23. The topological polar surface area (TPSA) is 75.1 Å². The molecule has 0 bridgehead atoms. The van der Waals surface area contributed by atoms with Crippen molar-refractivity contribution in [3.63, 3.8) is 0 Å². The van der Waals surface area contributed by atoms with E-state index in [1.165, 1.54) is 27.0 Å². The fourth-order valence-electron chi connectivity index (χ4n) is 3.36. The van der Waals surface area contributed by atoms with Gasteiger partial charge < -0.3 is 10.4 Å². The number of carboxylic acid groups (broad SMARTS) is 1. The number of benzene rings is 1. The minimum atomic E-state index is -5.08. The Balaban J connectivity index is 0.000000360. The van der Waals surface area contributed by atoms with Crippen molar-refractivity contribution in [2.45, 2.75) is 37.9 Å².